The summed E-state index contributed by atoms with van der Waals surface area (Å²) in [6.07, 6.45) is 0.855. The van der Waals surface area contributed by atoms with Crippen molar-refractivity contribution in [2.24, 2.45) is 0 Å². The Morgan fingerprint density at radius 2 is 2.43 bits per heavy atom. The number of hydrogen-bond acceptors (Lipinski definition) is 4. The van der Waals surface area contributed by atoms with Gasteiger partial charge in [0.2, 0.25) is 5.95 Å². The van der Waals surface area contributed by atoms with E-state index in [-0.39, 0.29) is 5.88 Å². The van der Waals surface area contributed by atoms with Crippen molar-refractivity contribution in [3.63, 3.8) is 0 Å². The molecule has 0 spiro atoms. The first-order valence-corrected chi connectivity index (χ1v) is 4.80. The van der Waals surface area contributed by atoms with Gasteiger partial charge in [-0.25, -0.2) is 4.79 Å². The number of hydrogen-bond donors (Lipinski definition) is 1. The molecule has 14 heavy (non-hydrogen) atoms. The van der Waals surface area contributed by atoms with Gasteiger partial charge in [0.1, 0.15) is 5.88 Å². The highest BCUT2D eigenvalue weighted by molar-refractivity contribution is 6.27. The number of alkyl halides is 1. The normalized spacial score (nSPS) is 14.6. The number of fused-ring (bicyclic) bond motifs is 1. The second-order valence-electron chi connectivity index (χ2n) is 2.98. The molecule has 0 bridgehead atoms. The summed E-state index contributed by atoms with van der Waals surface area (Å²) in [6.45, 7) is 1.36. The summed E-state index contributed by atoms with van der Waals surface area (Å²) in [5.74, 6) is -0.295. The van der Waals surface area contributed by atoms with Gasteiger partial charge < -0.3 is 5.32 Å². The van der Waals surface area contributed by atoms with Crippen molar-refractivity contribution in [1.29, 1.82) is 0 Å². The molecule has 2 heterocycles. The lowest BCUT2D eigenvalue weighted by Crippen LogP contribution is -2.32. The fourth-order valence-electron chi connectivity index (χ4n) is 1.39. The Labute approximate surface area is 84.5 Å². The highest BCUT2D eigenvalue weighted by Crippen LogP contribution is 2.06. The maximum absolute atomic E-state index is 11.6. The lowest BCUT2D eigenvalue weighted by atomic mass is 10.4. The minimum absolute atomic E-state index is 0.240. The van der Waals surface area contributed by atoms with E-state index in [1.165, 1.54) is 4.57 Å². The topological polar surface area (TPSA) is 68.9 Å². The Balaban J connectivity index is 2.49. The van der Waals surface area contributed by atoms with Crippen LogP contribution in [0.25, 0.3) is 0 Å². The maximum atomic E-state index is 11.6. The van der Waals surface area contributed by atoms with Gasteiger partial charge in [0.15, 0.2) is 0 Å². The smallest absolute Gasteiger partial charge is 0.354 e. The highest BCUT2D eigenvalue weighted by atomic mass is 35.5. The Morgan fingerprint density at radius 3 is 3.07 bits per heavy atom. The fourth-order valence-corrected chi connectivity index (χ4v) is 1.50. The van der Waals surface area contributed by atoms with Crippen molar-refractivity contribution in [1.82, 2.24) is 14.3 Å². The van der Waals surface area contributed by atoms with Crippen LogP contribution >= 0.6 is 11.6 Å². The average molecular weight is 217 g/mol. The molecule has 0 fully saturated rings. The third-order valence-corrected chi connectivity index (χ3v) is 2.28. The molecule has 6 nitrogen and oxygen atoms in total. The summed E-state index contributed by atoms with van der Waals surface area (Å²) < 4.78 is 2.24. The predicted octanol–water partition coefficient (Wildman–Crippen LogP) is -0.261. The number of nitrogens with one attached hydrogen (secondary N) is 1. The summed E-state index contributed by atoms with van der Waals surface area (Å²) in [6, 6.07) is 0. The summed E-state index contributed by atoms with van der Waals surface area (Å²) >= 11 is 5.34. The van der Waals surface area contributed by atoms with Crippen molar-refractivity contribution in [3.05, 3.63) is 10.5 Å². The summed E-state index contributed by atoms with van der Waals surface area (Å²) in [5, 5.41) is 6.78. The van der Waals surface area contributed by atoms with E-state index in [9.17, 15) is 9.59 Å². The van der Waals surface area contributed by atoms with E-state index >= 15 is 0 Å². The van der Waals surface area contributed by atoms with Crippen LogP contribution in [0.3, 0.4) is 0 Å². The first kappa shape index (κ1) is 9.26. The van der Waals surface area contributed by atoms with E-state index in [0.717, 1.165) is 17.6 Å². The molecule has 1 N–H and O–H groups in total. The van der Waals surface area contributed by atoms with Gasteiger partial charge in [-0.15, -0.1) is 21.4 Å². The molecule has 1 aliphatic rings. The third-order valence-electron chi connectivity index (χ3n) is 2.05. The summed E-state index contributed by atoms with van der Waals surface area (Å²) in [7, 11) is 0. The second-order valence-corrected chi connectivity index (χ2v) is 3.24. The number of rotatable bonds is 1. The summed E-state index contributed by atoms with van der Waals surface area (Å²) in [5.41, 5.74) is -0.419. The predicted molar refractivity (Wildman–Crippen MR) is 50.9 cm³/mol. The Morgan fingerprint density at radius 1 is 1.64 bits per heavy atom. The van der Waals surface area contributed by atoms with Gasteiger partial charge in [-0.3, -0.25) is 9.36 Å². The van der Waals surface area contributed by atoms with E-state index in [2.05, 4.69) is 10.4 Å². The molecule has 1 aliphatic heterocycles. The minimum atomic E-state index is -0.500. The van der Waals surface area contributed by atoms with Crippen LogP contribution in [-0.2, 0) is 6.54 Å². The monoisotopic (exact) mass is 216 g/mol. The first-order valence-electron chi connectivity index (χ1n) is 4.27. The van der Waals surface area contributed by atoms with Crippen LogP contribution in [0.5, 0.6) is 0 Å². The van der Waals surface area contributed by atoms with Crippen LogP contribution in [0, 0.1) is 0 Å². The van der Waals surface area contributed by atoms with E-state index < -0.39 is 11.6 Å². The van der Waals surface area contributed by atoms with E-state index in [0.29, 0.717) is 12.5 Å². The molecule has 0 aliphatic carbocycles. The number of aromatic nitrogens is 3. The van der Waals surface area contributed by atoms with E-state index in [1.54, 1.807) is 0 Å². The Bertz CT molecular complexity index is 422. The molecule has 0 amide bonds. The van der Waals surface area contributed by atoms with Gasteiger partial charge in [0.25, 0.3) is 5.91 Å². The zero-order valence-corrected chi connectivity index (χ0v) is 8.12. The van der Waals surface area contributed by atoms with Crippen LogP contribution in [0.1, 0.15) is 11.2 Å². The molecule has 1 aromatic heterocycles. The van der Waals surface area contributed by atoms with Gasteiger partial charge in [-0.2, -0.15) is 0 Å². The van der Waals surface area contributed by atoms with Gasteiger partial charge in [0, 0.05) is 13.1 Å². The fraction of sp³-hybridized carbons (Fsp3) is 0.571. The van der Waals surface area contributed by atoms with Crippen LogP contribution in [-0.4, -0.2) is 32.7 Å². The molecule has 0 aromatic carbocycles. The van der Waals surface area contributed by atoms with Gasteiger partial charge in [0.05, 0.1) is 0 Å². The number of carbonyl (C=O) groups excluding carboxylic acids is 1. The third kappa shape index (κ3) is 1.31. The largest absolute Gasteiger partial charge is 0.354 e. The molecule has 0 saturated carbocycles. The van der Waals surface area contributed by atoms with Gasteiger partial charge >= 0.3 is 5.69 Å². The Kier molecular flexibility index (Phi) is 2.28. The van der Waals surface area contributed by atoms with Crippen molar-refractivity contribution < 1.29 is 4.79 Å². The van der Waals surface area contributed by atoms with Crippen molar-refractivity contribution in [3.8, 4) is 0 Å². The van der Waals surface area contributed by atoms with Gasteiger partial charge in [-0.05, 0) is 6.42 Å². The molecule has 7 heteroatoms. The highest BCUT2D eigenvalue weighted by Gasteiger charge is 2.19. The van der Waals surface area contributed by atoms with Crippen molar-refractivity contribution in [2.45, 2.75) is 13.0 Å². The van der Waals surface area contributed by atoms with Crippen LogP contribution < -0.4 is 11.0 Å². The lowest BCUT2D eigenvalue weighted by molar-refractivity contribution is 0.0920. The molecule has 76 valence electrons. The molecule has 2 rings (SSSR count). The van der Waals surface area contributed by atoms with Crippen LogP contribution in [0.2, 0.25) is 0 Å². The van der Waals surface area contributed by atoms with Crippen LogP contribution in [0.4, 0.5) is 5.95 Å². The second kappa shape index (κ2) is 3.45. The molecule has 0 unspecified atom stereocenters. The van der Waals surface area contributed by atoms with E-state index in [4.69, 9.17) is 11.6 Å². The number of carbonyl (C=O) groups is 1. The first-order chi connectivity index (χ1) is 6.74. The van der Waals surface area contributed by atoms with Crippen molar-refractivity contribution >= 4 is 23.5 Å². The molecular formula is C7H9ClN4O2. The number of anilines is 1. The summed E-state index contributed by atoms with van der Waals surface area (Å²) in [4.78, 5) is 22.7. The Hall–Kier alpha value is -1.30. The molecular weight excluding hydrogens is 208 g/mol. The average Bonchev–Trinajstić information content (AvgIpc) is 2.56. The molecule has 0 radical (unpaired) electrons. The zero-order chi connectivity index (χ0) is 10.1. The SMILES string of the molecule is O=C(CCl)n1nc2n(c1=O)CCCN2. The minimum Gasteiger partial charge on any atom is -0.354 e. The molecule has 1 aromatic rings. The quantitative estimate of drug-likeness (QED) is 0.657. The number of halogens is 1. The van der Waals surface area contributed by atoms with Crippen LogP contribution in [0.15, 0.2) is 4.79 Å². The molecule has 0 saturated heterocycles. The number of nitrogens with zero attached hydrogens (tertiary/aromatic N) is 3. The standard InChI is InChI=1S/C7H9ClN4O2/c8-4-5(13)12-7(14)11-3-1-2-9-6(11)10-12/h1-4H2,(H,9,10). The lowest BCUT2D eigenvalue weighted by Gasteiger charge is -2.12. The molecule has 0 atom stereocenters. The van der Waals surface area contributed by atoms with Crippen molar-refractivity contribution in [2.75, 3.05) is 17.7 Å². The van der Waals surface area contributed by atoms with E-state index in [1.807, 2.05) is 0 Å². The van der Waals surface area contributed by atoms with Gasteiger partial charge in [-0.1, -0.05) is 0 Å². The zero-order valence-electron chi connectivity index (χ0n) is 7.36. The maximum Gasteiger partial charge on any atom is 0.354 e.